The fourth-order valence-corrected chi connectivity index (χ4v) is 8.30. The first-order valence-corrected chi connectivity index (χ1v) is 22.1. The zero-order chi connectivity index (χ0) is 35.7. The minimum absolute atomic E-state index is 0.0285. The standard InChI is InChI=1S/C44H88NO4/c1-8-10-12-14-16-18-20-22-24-26-28-30-32-34-36-45(7,37-35-33-31-29-27-25-23-21-19-17-15-13-11-9-2)38-40-42(49-44(5,6)47-40)41-39-46-43(3,4)48-41/h40-42H,8-39H2,1-7H3/q+1/t40-,41-,42+/m1/s1. The van der Waals surface area contributed by atoms with Crippen molar-refractivity contribution in [3.05, 3.63) is 0 Å². The molecule has 5 nitrogen and oxygen atoms in total. The molecule has 49 heavy (non-hydrogen) atoms. The SMILES string of the molecule is CCCCCCCCCCCCCCCC[N+](C)(CCCCCCCCCCCCCCCC)C[C@H]1OC(C)(C)O[C@@H]1[C@H]1COC(C)(C)O1. The highest BCUT2D eigenvalue weighted by Crippen LogP contribution is 2.36. The van der Waals surface area contributed by atoms with Crippen LogP contribution in [-0.2, 0) is 18.9 Å². The first-order chi connectivity index (χ1) is 23.6. The predicted molar refractivity (Wildman–Crippen MR) is 210 cm³/mol. The highest BCUT2D eigenvalue weighted by molar-refractivity contribution is 4.90. The van der Waals surface area contributed by atoms with Crippen molar-refractivity contribution in [2.45, 2.75) is 251 Å². The van der Waals surface area contributed by atoms with Gasteiger partial charge in [-0.1, -0.05) is 168 Å². The summed E-state index contributed by atoms with van der Waals surface area (Å²) in [6, 6.07) is 0. The fourth-order valence-electron chi connectivity index (χ4n) is 8.30. The summed E-state index contributed by atoms with van der Waals surface area (Å²) in [6.45, 7) is 16.8. The van der Waals surface area contributed by atoms with E-state index in [0.717, 1.165) is 11.0 Å². The summed E-state index contributed by atoms with van der Waals surface area (Å²) in [5, 5.41) is 0. The molecule has 0 radical (unpaired) electrons. The second-order valence-electron chi connectivity index (χ2n) is 17.4. The molecule has 0 aliphatic carbocycles. The Morgan fingerprint density at radius 1 is 0.449 bits per heavy atom. The first kappa shape index (κ1) is 45.0. The number of rotatable bonds is 33. The molecule has 0 bridgehead atoms. The topological polar surface area (TPSA) is 36.9 Å². The van der Waals surface area contributed by atoms with Gasteiger partial charge in [0.05, 0.1) is 26.7 Å². The van der Waals surface area contributed by atoms with Crippen LogP contribution in [0.2, 0.25) is 0 Å². The molecule has 2 aliphatic rings. The Balaban J connectivity index is 1.71. The van der Waals surface area contributed by atoms with Gasteiger partial charge in [-0.2, -0.15) is 0 Å². The molecule has 2 fully saturated rings. The number of unbranched alkanes of at least 4 members (excludes halogenated alkanes) is 26. The Kier molecular flexibility index (Phi) is 24.4. The minimum atomic E-state index is -0.583. The van der Waals surface area contributed by atoms with Gasteiger partial charge < -0.3 is 23.4 Å². The third-order valence-electron chi connectivity index (χ3n) is 11.3. The van der Waals surface area contributed by atoms with Gasteiger partial charge in [0.1, 0.15) is 24.9 Å². The van der Waals surface area contributed by atoms with Crippen molar-refractivity contribution < 1.29 is 23.4 Å². The zero-order valence-corrected chi connectivity index (χ0v) is 34.4. The maximum atomic E-state index is 6.61. The molecule has 0 aromatic carbocycles. The van der Waals surface area contributed by atoms with E-state index in [0.29, 0.717) is 6.61 Å². The van der Waals surface area contributed by atoms with Crippen LogP contribution in [0.15, 0.2) is 0 Å². The van der Waals surface area contributed by atoms with Crippen molar-refractivity contribution in [2.75, 3.05) is 33.3 Å². The Labute approximate surface area is 307 Å². The molecule has 2 saturated heterocycles. The summed E-state index contributed by atoms with van der Waals surface area (Å²) < 4.78 is 26.5. The molecule has 0 unspecified atom stereocenters. The van der Waals surface area contributed by atoms with E-state index in [4.69, 9.17) is 18.9 Å². The van der Waals surface area contributed by atoms with Gasteiger partial charge in [-0.15, -0.1) is 0 Å². The van der Waals surface area contributed by atoms with E-state index in [9.17, 15) is 0 Å². The van der Waals surface area contributed by atoms with Crippen molar-refractivity contribution in [3.8, 4) is 0 Å². The first-order valence-electron chi connectivity index (χ1n) is 22.1. The number of nitrogens with zero attached hydrogens (tertiary/aromatic N) is 1. The minimum Gasteiger partial charge on any atom is -0.348 e. The largest absolute Gasteiger partial charge is 0.348 e. The lowest BCUT2D eigenvalue weighted by Gasteiger charge is -2.38. The summed E-state index contributed by atoms with van der Waals surface area (Å²) >= 11 is 0. The van der Waals surface area contributed by atoms with E-state index in [1.165, 1.54) is 193 Å². The van der Waals surface area contributed by atoms with Crippen molar-refractivity contribution in [1.82, 2.24) is 0 Å². The summed E-state index contributed by atoms with van der Waals surface area (Å²) in [5.41, 5.74) is 0. The van der Waals surface area contributed by atoms with Crippen LogP contribution in [0.3, 0.4) is 0 Å². The molecule has 292 valence electrons. The summed E-state index contributed by atoms with van der Waals surface area (Å²) in [6.07, 6.45) is 39.4. The van der Waals surface area contributed by atoms with Gasteiger partial charge in [-0.25, -0.2) is 0 Å². The van der Waals surface area contributed by atoms with Crippen molar-refractivity contribution in [3.63, 3.8) is 0 Å². The van der Waals surface area contributed by atoms with E-state index in [2.05, 4.69) is 34.7 Å². The van der Waals surface area contributed by atoms with Crippen LogP contribution in [0, 0.1) is 0 Å². The zero-order valence-electron chi connectivity index (χ0n) is 34.4. The smallest absolute Gasteiger partial charge is 0.164 e. The van der Waals surface area contributed by atoms with Crippen LogP contribution in [0.25, 0.3) is 0 Å². The highest BCUT2D eigenvalue weighted by Gasteiger charge is 2.51. The van der Waals surface area contributed by atoms with Crippen LogP contribution in [0.5, 0.6) is 0 Å². The van der Waals surface area contributed by atoms with Crippen LogP contribution >= 0.6 is 0 Å². The number of likely N-dealkylation sites (N-methyl/N-ethyl adjacent to an activating group) is 1. The van der Waals surface area contributed by atoms with E-state index in [1.807, 2.05) is 13.8 Å². The van der Waals surface area contributed by atoms with Gasteiger partial charge in [0.2, 0.25) is 0 Å². The lowest BCUT2D eigenvalue weighted by atomic mass is 10.0. The summed E-state index contributed by atoms with van der Waals surface area (Å²) in [7, 11) is 2.49. The number of hydrogen-bond donors (Lipinski definition) is 0. The molecule has 0 aromatic heterocycles. The fraction of sp³-hybridized carbons (Fsp3) is 1.00. The normalized spacial score (nSPS) is 22.0. The Bertz CT molecular complexity index is 738. The van der Waals surface area contributed by atoms with E-state index < -0.39 is 11.6 Å². The van der Waals surface area contributed by atoms with Gasteiger partial charge in [-0.05, 0) is 53.4 Å². The van der Waals surface area contributed by atoms with E-state index >= 15 is 0 Å². The van der Waals surface area contributed by atoms with Gasteiger partial charge in [-0.3, -0.25) is 0 Å². The lowest BCUT2D eigenvalue weighted by Crippen LogP contribution is -2.54. The van der Waals surface area contributed by atoms with Crippen LogP contribution in [0.4, 0.5) is 0 Å². The van der Waals surface area contributed by atoms with Crippen LogP contribution < -0.4 is 0 Å². The molecule has 0 saturated carbocycles. The Morgan fingerprint density at radius 3 is 1.12 bits per heavy atom. The molecule has 5 heteroatoms. The Morgan fingerprint density at radius 2 is 0.796 bits per heavy atom. The highest BCUT2D eigenvalue weighted by atomic mass is 16.8. The molecule has 2 rings (SSSR count). The molecule has 0 amide bonds. The van der Waals surface area contributed by atoms with E-state index in [1.54, 1.807) is 0 Å². The van der Waals surface area contributed by atoms with Gasteiger partial charge in [0, 0.05) is 0 Å². The average molecular weight is 695 g/mol. The van der Waals surface area contributed by atoms with Crippen LogP contribution in [-0.4, -0.2) is 67.7 Å². The summed E-state index contributed by atoms with van der Waals surface area (Å²) in [4.78, 5) is 0. The third-order valence-corrected chi connectivity index (χ3v) is 11.3. The second kappa shape index (κ2) is 26.5. The quantitative estimate of drug-likeness (QED) is 0.0506. The monoisotopic (exact) mass is 695 g/mol. The maximum absolute atomic E-state index is 6.61. The molecule has 0 aromatic rings. The van der Waals surface area contributed by atoms with Crippen molar-refractivity contribution >= 4 is 0 Å². The Hall–Kier alpha value is -0.200. The second-order valence-corrected chi connectivity index (χ2v) is 17.4. The van der Waals surface area contributed by atoms with Crippen molar-refractivity contribution in [1.29, 1.82) is 0 Å². The number of hydrogen-bond acceptors (Lipinski definition) is 4. The molecule has 2 heterocycles. The molecule has 3 atom stereocenters. The van der Waals surface area contributed by atoms with Gasteiger partial charge in [0.25, 0.3) is 0 Å². The van der Waals surface area contributed by atoms with Crippen molar-refractivity contribution in [2.24, 2.45) is 0 Å². The van der Waals surface area contributed by atoms with E-state index in [-0.39, 0.29) is 18.3 Å². The lowest BCUT2D eigenvalue weighted by molar-refractivity contribution is -0.913. The average Bonchev–Trinajstić information content (AvgIpc) is 3.57. The predicted octanol–water partition coefficient (Wildman–Crippen LogP) is 13.1. The third kappa shape index (κ3) is 21.8. The molecular weight excluding hydrogens is 606 g/mol. The van der Waals surface area contributed by atoms with Gasteiger partial charge >= 0.3 is 0 Å². The van der Waals surface area contributed by atoms with Gasteiger partial charge in [0.15, 0.2) is 11.6 Å². The molecule has 0 N–H and O–H groups in total. The molecule has 2 aliphatic heterocycles. The number of ether oxygens (including phenoxy) is 4. The maximum Gasteiger partial charge on any atom is 0.164 e. The van der Waals surface area contributed by atoms with Crippen LogP contribution in [0.1, 0.15) is 221 Å². The summed E-state index contributed by atoms with van der Waals surface area (Å²) in [5.74, 6) is -1.13. The molecular formula is C44H88NO4+. The number of quaternary nitrogens is 1. The molecule has 0 spiro atoms.